The quantitative estimate of drug-likeness (QED) is 0.890. The number of hydrogen-bond donors (Lipinski definition) is 2. The maximum absolute atomic E-state index is 10.5. The highest BCUT2D eigenvalue weighted by molar-refractivity contribution is 6.31. The Morgan fingerprint density at radius 2 is 1.85 bits per heavy atom. The van der Waals surface area contributed by atoms with Gasteiger partial charge in [0.1, 0.15) is 5.75 Å². The topological polar surface area (TPSA) is 55.5 Å². The van der Waals surface area contributed by atoms with Gasteiger partial charge in [-0.25, -0.2) is 0 Å². The van der Waals surface area contributed by atoms with Crippen LogP contribution in [0.15, 0.2) is 48.5 Å². The molecular formula is C16H18ClNO2. The molecule has 0 aliphatic heterocycles. The van der Waals surface area contributed by atoms with Crippen molar-refractivity contribution in [1.29, 1.82) is 0 Å². The Bertz CT molecular complexity index is 560. The number of hydrogen-bond acceptors (Lipinski definition) is 3. The molecule has 0 radical (unpaired) electrons. The second kappa shape index (κ2) is 6.75. The molecular weight excluding hydrogens is 274 g/mol. The maximum Gasteiger partial charge on any atom is 0.126 e. The first kappa shape index (κ1) is 14.9. The normalized spacial score (nSPS) is 13.8. The molecule has 0 aliphatic carbocycles. The van der Waals surface area contributed by atoms with Gasteiger partial charge in [-0.05, 0) is 24.1 Å². The summed E-state index contributed by atoms with van der Waals surface area (Å²) in [5.74, 6) is 0.550. The third-order valence-electron chi connectivity index (χ3n) is 3.25. The molecule has 0 aromatic heterocycles. The van der Waals surface area contributed by atoms with Crippen LogP contribution in [0.3, 0.4) is 0 Å². The number of benzene rings is 2. The van der Waals surface area contributed by atoms with Crippen molar-refractivity contribution < 1.29 is 9.84 Å². The van der Waals surface area contributed by atoms with Crippen molar-refractivity contribution in [3.8, 4) is 5.75 Å². The molecule has 0 amide bonds. The van der Waals surface area contributed by atoms with Gasteiger partial charge in [0.25, 0.3) is 0 Å². The molecule has 0 heterocycles. The van der Waals surface area contributed by atoms with Gasteiger partial charge in [0.2, 0.25) is 0 Å². The fraction of sp³-hybridized carbons (Fsp3) is 0.250. The van der Waals surface area contributed by atoms with E-state index in [1.54, 1.807) is 25.3 Å². The Balaban J connectivity index is 2.20. The van der Waals surface area contributed by atoms with Crippen LogP contribution in [0.1, 0.15) is 17.2 Å². The fourth-order valence-electron chi connectivity index (χ4n) is 2.19. The summed E-state index contributed by atoms with van der Waals surface area (Å²) in [5.41, 5.74) is 7.73. The van der Waals surface area contributed by atoms with Gasteiger partial charge in [-0.1, -0.05) is 48.0 Å². The molecule has 2 unspecified atom stereocenters. The van der Waals surface area contributed by atoms with E-state index in [1.807, 2.05) is 30.3 Å². The Morgan fingerprint density at radius 1 is 1.15 bits per heavy atom. The molecule has 0 bridgehead atoms. The summed E-state index contributed by atoms with van der Waals surface area (Å²) in [6.45, 7) is 0. The Labute approximate surface area is 123 Å². The van der Waals surface area contributed by atoms with Crippen LogP contribution in [0.2, 0.25) is 5.02 Å². The van der Waals surface area contributed by atoms with Crippen molar-refractivity contribution in [1.82, 2.24) is 0 Å². The molecule has 2 rings (SSSR count). The molecule has 20 heavy (non-hydrogen) atoms. The first-order chi connectivity index (χ1) is 9.63. The molecule has 3 N–H and O–H groups in total. The smallest absolute Gasteiger partial charge is 0.126 e. The van der Waals surface area contributed by atoms with Crippen LogP contribution in [-0.2, 0) is 6.42 Å². The van der Waals surface area contributed by atoms with E-state index >= 15 is 0 Å². The number of rotatable bonds is 5. The molecule has 2 atom stereocenters. The number of nitrogens with two attached hydrogens (primary N) is 1. The first-order valence-corrected chi connectivity index (χ1v) is 6.81. The van der Waals surface area contributed by atoms with E-state index in [1.165, 1.54) is 0 Å². The molecule has 4 heteroatoms. The van der Waals surface area contributed by atoms with Crippen molar-refractivity contribution in [2.45, 2.75) is 18.6 Å². The van der Waals surface area contributed by atoms with E-state index in [9.17, 15) is 5.11 Å². The van der Waals surface area contributed by atoms with E-state index in [4.69, 9.17) is 22.1 Å². The number of methoxy groups -OCH3 is 1. The second-order valence-electron chi connectivity index (χ2n) is 4.65. The van der Waals surface area contributed by atoms with Crippen molar-refractivity contribution in [2.24, 2.45) is 5.73 Å². The van der Waals surface area contributed by atoms with Crippen molar-refractivity contribution in [3.63, 3.8) is 0 Å². The van der Waals surface area contributed by atoms with E-state index in [-0.39, 0.29) is 0 Å². The van der Waals surface area contributed by atoms with Crippen LogP contribution in [0.5, 0.6) is 5.75 Å². The van der Waals surface area contributed by atoms with Gasteiger partial charge in [-0.3, -0.25) is 0 Å². The minimum atomic E-state index is -0.876. The van der Waals surface area contributed by atoms with Gasteiger partial charge in [0, 0.05) is 11.6 Å². The maximum atomic E-state index is 10.5. The summed E-state index contributed by atoms with van der Waals surface area (Å²) in [6.07, 6.45) is -0.310. The minimum Gasteiger partial charge on any atom is -0.496 e. The van der Waals surface area contributed by atoms with Crippen molar-refractivity contribution in [2.75, 3.05) is 7.11 Å². The summed E-state index contributed by atoms with van der Waals surface area (Å²) in [4.78, 5) is 0. The molecule has 2 aromatic rings. The van der Waals surface area contributed by atoms with Crippen LogP contribution in [0.25, 0.3) is 0 Å². The lowest BCUT2D eigenvalue weighted by atomic mass is 9.96. The van der Waals surface area contributed by atoms with Crippen LogP contribution in [0.4, 0.5) is 0 Å². The van der Waals surface area contributed by atoms with Crippen LogP contribution < -0.4 is 10.5 Å². The number of aliphatic hydroxyl groups excluding tert-OH is 1. The average Bonchev–Trinajstić information content (AvgIpc) is 2.47. The number of ether oxygens (including phenoxy) is 1. The average molecular weight is 292 g/mol. The zero-order chi connectivity index (χ0) is 14.5. The van der Waals surface area contributed by atoms with Gasteiger partial charge in [-0.15, -0.1) is 0 Å². The Kier molecular flexibility index (Phi) is 5.01. The zero-order valence-electron chi connectivity index (χ0n) is 11.3. The standard InChI is InChI=1S/C16H18ClNO2/c1-20-14-9-5-8-12(17)15(14)16(19)13(18)10-11-6-3-2-4-7-11/h2-9,13,16,19H,10,18H2,1H3. The fourth-order valence-corrected chi connectivity index (χ4v) is 2.47. The van der Waals surface area contributed by atoms with Crippen LogP contribution in [0, 0.1) is 0 Å². The molecule has 3 nitrogen and oxygen atoms in total. The minimum absolute atomic E-state index is 0.453. The lowest BCUT2D eigenvalue weighted by Crippen LogP contribution is -2.31. The molecule has 0 saturated heterocycles. The summed E-state index contributed by atoms with van der Waals surface area (Å²) >= 11 is 6.15. The first-order valence-electron chi connectivity index (χ1n) is 6.43. The highest BCUT2D eigenvalue weighted by atomic mass is 35.5. The van der Waals surface area contributed by atoms with Crippen molar-refractivity contribution >= 4 is 11.6 Å². The second-order valence-corrected chi connectivity index (χ2v) is 5.06. The highest BCUT2D eigenvalue weighted by Gasteiger charge is 2.23. The van der Waals surface area contributed by atoms with Gasteiger partial charge in [0.15, 0.2) is 0 Å². The summed E-state index contributed by atoms with van der Waals surface area (Å²) in [7, 11) is 1.55. The molecule has 2 aromatic carbocycles. The molecule has 0 fully saturated rings. The Hall–Kier alpha value is -1.55. The Morgan fingerprint density at radius 3 is 2.50 bits per heavy atom. The van der Waals surface area contributed by atoms with E-state index < -0.39 is 12.1 Å². The SMILES string of the molecule is COc1cccc(Cl)c1C(O)C(N)Cc1ccccc1. The van der Waals surface area contributed by atoms with Gasteiger partial charge >= 0.3 is 0 Å². The van der Waals surface area contributed by atoms with E-state index in [0.29, 0.717) is 22.8 Å². The predicted molar refractivity (Wildman–Crippen MR) is 81.1 cm³/mol. The van der Waals surface area contributed by atoms with Crippen LogP contribution >= 0.6 is 11.6 Å². The van der Waals surface area contributed by atoms with Gasteiger partial charge < -0.3 is 15.6 Å². The molecule has 0 saturated carbocycles. The monoisotopic (exact) mass is 291 g/mol. The van der Waals surface area contributed by atoms with Crippen LogP contribution in [-0.4, -0.2) is 18.3 Å². The summed E-state index contributed by atoms with van der Waals surface area (Å²) < 4.78 is 5.25. The lowest BCUT2D eigenvalue weighted by molar-refractivity contribution is 0.142. The molecule has 0 spiro atoms. The van der Waals surface area contributed by atoms with Gasteiger partial charge in [0.05, 0.1) is 18.2 Å². The lowest BCUT2D eigenvalue weighted by Gasteiger charge is -2.22. The van der Waals surface area contributed by atoms with Gasteiger partial charge in [-0.2, -0.15) is 0 Å². The molecule has 106 valence electrons. The third kappa shape index (κ3) is 3.31. The van der Waals surface area contributed by atoms with E-state index in [2.05, 4.69) is 0 Å². The summed E-state index contributed by atoms with van der Waals surface area (Å²) in [5, 5.41) is 10.9. The third-order valence-corrected chi connectivity index (χ3v) is 3.58. The largest absolute Gasteiger partial charge is 0.496 e. The predicted octanol–water partition coefficient (Wildman–Crippen LogP) is 2.95. The highest BCUT2D eigenvalue weighted by Crippen LogP contribution is 2.33. The molecule has 0 aliphatic rings. The number of aliphatic hydroxyl groups is 1. The van der Waals surface area contributed by atoms with E-state index in [0.717, 1.165) is 5.56 Å². The zero-order valence-corrected chi connectivity index (χ0v) is 12.0. The number of halogens is 1. The summed E-state index contributed by atoms with van der Waals surface area (Å²) in [6, 6.07) is 14.6. The van der Waals surface area contributed by atoms with Crippen molar-refractivity contribution in [3.05, 3.63) is 64.7 Å².